The van der Waals surface area contributed by atoms with Gasteiger partial charge < -0.3 is 4.90 Å². The molecule has 0 radical (unpaired) electrons. The van der Waals surface area contributed by atoms with Crippen molar-refractivity contribution in [2.45, 2.75) is 6.04 Å². The number of nitrogens with zero attached hydrogens (tertiary/aromatic N) is 1. The lowest BCUT2D eigenvalue weighted by atomic mass is 10.1. The fraction of sp³-hybridized carbons (Fsp3) is 0.400. The Labute approximate surface area is 90.1 Å². The molecule has 72 valence electrons. The number of benzene rings is 1. The molecule has 0 aliphatic carbocycles. The van der Waals surface area contributed by atoms with Gasteiger partial charge >= 0.3 is 0 Å². The summed E-state index contributed by atoms with van der Waals surface area (Å²) in [5, 5.41) is 0.778. The normalized spacial score (nSPS) is 13.3. The molecule has 0 aromatic heterocycles. The van der Waals surface area contributed by atoms with E-state index in [1.165, 1.54) is 5.56 Å². The highest BCUT2D eigenvalue weighted by Crippen LogP contribution is 2.21. The van der Waals surface area contributed by atoms with Crippen LogP contribution in [0.15, 0.2) is 24.3 Å². The molecule has 0 fully saturated rings. The Hall–Kier alpha value is -0.180. The van der Waals surface area contributed by atoms with E-state index in [1.807, 2.05) is 24.3 Å². The van der Waals surface area contributed by atoms with E-state index in [1.54, 1.807) is 0 Å². The third-order valence-electron chi connectivity index (χ3n) is 2.05. The molecule has 0 saturated carbocycles. The molecule has 13 heavy (non-hydrogen) atoms. The van der Waals surface area contributed by atoms with Crippen LogP contribution in [0.25, 0.3) is 0 Å². The molecule has 0 N–H and O–H groups in total. The average Bonchev–Trinajstić information content (AvgIpc) is 2.09. The number of halogens is 1. The Morgan fingerprint density at radius 2 is 1.85 bits per heavy atom. The molecule has 0 heterocycles. The fourth-order valence-electron chi connectivity index (χ4n) is 1.25. The maximum absolute atomic E-state index is 5.81. The molecule has 1 aromatic rings. The number of hydrogen-bond donors (Lipinski definition) is 1. The van der Waals surface area contributed by atoms with Gasteiger partial charge in [-0.1, -0.05) is 23.7 Å². The maximum atomic E-state index is 5.81. The standard InChI is InChI=1S/C10H14ClNS/c1-12(2)10(7-13)8-3-5-9(11)6-4-8/h3-6,10,13H,7H2,1-2H3. The minimum absolute atomic E-state index is 0.362. The van der Waals surface area contributed by atoms with Crippen LogP contribution in [-0.4, -0.2) is 24.7 Å². The highest BCUT2D eigenvalue weighted by atomic mass is 35.5. The van der Waals surface area contributed by atoms with Gasteiger partial charge in [0.15, 0.2) is 0 Å². The van der Waals surface area contributed by atoms with Crippen LogP contribution in [0, 0.1) is 0 Å². The van der Waals surface area contributed by atoms with Gasteiger partial charge in [-0.15, -0.1) is 0 Å². The molecule has 1 atom stereocenters. The van der Waals surface area contributed by atoms with Crippen molar-refractivity contribution in [3.05, 3.63) is 34.9 Å². The first kappa shape index (κ1) is 10.9. The van der Waals surface area contributed by atoms with Crippen LogP contribution in [-0.2, 0) is 0 Å². The maximum Gasteiger partial charge on any atom is 0.0429 e. The van der Waals surface area contributed by atoms with Gasteiger partial charge in [-0.2, -0.15) is 12.6 Å². The van der Waals surface area contributed by atoms with E-state index in [0.29, 0.717) is 6.04 Å². The van der Waals surface area contributed by atoms with Gasteiger partial charge in [0.05, 0.1) is 0 Å². The van der Waals surface area contributed by atoms with Gasteiger partial charge in [0.1, 0.15) is 0 Å². The van der Waals surface area contributed by atoms with Crippen molar-refractivity contribution >= 4 is 24.2 Å². The van der Waals surface area contributed by atoms with E-state index in [2.05, 4.69) is 31.6 Å². The summed E-state index contributed by atoms with van der Waals surface area (Å²) in [6.45, 7) is 0. The van der Waals surface area contributed by atoms with Crippen molar-refractivity contribution in [2.75, 3.05) is 19.8 Å². The number of rotatable bonds is 3. The zero-order valence-electron chi connectivity index (χ0n) is 7.87. The lowest BCUT2D eigenvalue weighted by Gasteiger charge is -2.22. The summed E-state index contributed by atoms with van der Waals surface area (Å²) in [7, 11) is 4.10. The van der Waals surface area contributed by atoms with E-state index in [4.69, 9.17) is 11.6 Å². The van der Waals surface area contributed by atoms with Gasteiger partial charge in [0.25, 0.3) is 0 Å². The van der Waals surface area contributed by atoms with E-state index in [0.717, 1.165) is 10.8 Å². The molecule has 0 aliphatic heterocycles. The quantitative estimate of drug-likeness (QED) is 0.759. The highest BCUT2D eigenvalue weighted by Gasteiger charge is 2.10. The second kappa shape index (κ2) is 4.89. The minimum Gasteiger partial charge on any atom is -0.302 e. The third kappa shape index (κ3) is 2.90. The third-order valence-corrected chi connectivity index (χ3v) is 2.65. The lowest BCUT2D eigenvalue weighted by molar-refractivity contribution is 0.326. The van der Waals surface area contributed by atoms with Gasteiger partial charge in [-0.3, -0.25) is 0 Å². The molecule has 3 heteroatoms. The van der Waals surface area contributed by atoms with Crippen molar-refractivity contribution in [1.29, 1.82) is 0 Å². The molecule has 0 aliphatic rings. The van der Waals surface area contributed by atoms with Crippen LogP contribution in [0.1, 0.15) is 11.6 Å². The fourth-order valence-corrected chi connectivity index (χ4v) is 1.92. The smallest absolute Gasteiger partial charge is 0.0429 e. The van der Waals surface area contributed by atoms with Gasteiger partial charge in [0, 0.05) is 16.8 Å². The molecule has 0 spiro atoms. The summed E-state index contributed by atoms with van der Waals surface area (Å²) in [6.07, 6.45) is 0. The van der Waals surface area contributed by atoms with Crippen molar-refractivity contribution in [2.24, 2.45) is 0 Å². The molecular weight excluding hydrogens is 202 g/mol. The van der Waals surface area contributed by atoms with E-state index >= 15 is 0 Å². The van der Waals surface area contributed by atoms with Crippen molar-refractivity contribution in [3.63, 3.8) is 0 Å². The monoisotopic (exact) mass is 215 g/mol. The zero-order chi connectivity index (χ0) is 9.84. The number of hydrogen-bond acceptors (Lipinski definition) is 2. The van der Waals surface area contributed by atoms with Gasteiger partial charge in [-0.05, 0) is 31.8 Å². The van der Waals surface area contributed by atoms with E-state index in [9.17, 15) is 0 Å². The van der Waals surface area contributed by atoms with E-state index < -0.39 is 0 Å². The van der Waals surface area contributed by atoms with Crippen molar-refractivity contribution < 1.29 is 0 Å². The Balaban J connectivity index is 2.86. The van der Waals surface area contributed by atoms with Crippen LogP contribution in [0.4, 0.5) is 0 Å². The Bertz CT molecular complexity index is 258. The highest BCUT2D eigenvalue weighted by molar-refractivity contribution is 7.80. The Morgan fingerprint density at radius 1 is 1.31 bits per heavy atom. The zero-order valence-corrected chi connectivity index (χ0v) is 9.52. The van der Waals surface area contributed by atoms with Crippen molar-refractivity contribution in [3.8, 4) is 0 Å². The number of thiol groups is 1. The van der Waals surface area contributed by atoms with Crippen LogP contribution in [0.3, 0.4) is 0 Å². The molecule has 1 unspecified atom stereocenters. The summed E-state index contributed by atoms with van der Waals surface area (Å²) in [5.74, 6) is 0.814. The summed E-state index contributed by atoms with van der Waals surface area (Å²) in [4.78, 5) is 2.15. The second-order valence-electron chi connectivity index (χ2n) is 3.21. The Kier molecular flexibility index (Phi) is 4.10. The van der Waals surface area contributed by atoms with Crippen LogP contribution in [0.2, 0.25) is 5.02 Å². The molecule has 0 bridgehead atoms. The topological polar surface area (TPSA) is 3.24 Å². The predicted molar refractivity (Wildman–Crippen MR) is 61.7 cm³/mol. The molecule has 1 nitrogen and oxygen atoms in total. The summed E-state index contributed by atoms with van der Waals surface area (Å²) in [6, 6.07) is 8.28. The molecule has 0 saturated heterocycles. The molecule has 0 amide bonds. The average molecular weight is 216 g/mol. The first-order valence-corrected chi connectivity index (χ1v) is 5.19. The summed E-state index contributed by atoms with van der Waals surface area (Å²) in [5.41, 5.74) is 1.25. The summed E-state index contributed by atoms with van der Waals surface area (Å²) < 4.78 is 0. The SMILES string of the molecule is CN(C)C(CS)c1ccc(Cl)cc1. The molecule has 1 aromatic carbocycles. The minimum atomic E-state index is 0.362. The molecular formula is C10H14ClNS. The van der Waals surface area contributed by atoms with E-state index in [-0.39, 0.29) is 0 Å². The van der Waals surface area contributed by atoms with Gasteiger partial charge in [-0.25, -0.2) is 0 Å². The van der Waals surface area contributed by atoms with Crippen LogP contribution < -0.4 is 0 Å². The van der Waals surface area contributed by atoms with Crippen LogP contribution >= 0.6 is 24.2 Å². The summed E-state index contributed by atoms with van der Waals surface area (Å²) >= 11 is 10.1. The first-order valence-electron chi connectivity index (χ1n) is 4.18. The van der Waals surface area contributed by atoms with Crippen molar-refractivity contribution in [1.82, 2.24) is 4.90 Å². The van der Waals surface area contributed by atoms with Gasteiger partial charge in [0.2, 0.25) is 0 Å². The lowest BCUT2D eigenvalue weighted by Crippen LogP contribution is -2.21. The largest absolute Gasteiger partial charge is 0.302 e. The molecule has 1 rings (SSSR count). The first-order chi connectivity index (χ1) is 6.15. The second-order valence-corrected chi connectivity index (χ2v) is 4.02. The Morgan fingerprint density at radius 3 is 2.23 bits per heavy atom. The van der Waals surface area contributed by atoms with Crippen LogP contribution in [0.5, 0.6) is 0 Å². The predicted octanol–water partition coefficient (Wildman–Crippen LogP) is 2.87.